The summed E-state index contributed by atoms with van der Waals surface area (Å²) in [6, 6.07) is 11.8. The highest BCUT2D eigenvalue weighted by molar-refractivity contribution is 6.43. The molecule has 0 amide bonds. The van der Waals surface area contributed by atoms with Crippen LogP contribution >= 0.6 is 34.8 Å². The summed E-state index contributed by atoms with van der Waals surface area (Å²) >= 11 is 18.4. The third-order valence-corrected chi connectivity index (χ3v) is 4.37. The van der Waals surface area contributed by atoms with Gasteiger partial charge in [-0.05, 0) is 36.8 Å². The van der Waals surface area contributed by atoms with Crippen LogP contribution < -0.4 is 0 Å². The van der Waals surface area contributed by atoms with E-state index in [2.05, 4.69) is 17.1 Å². The first-order valence-electron chi connectivity index (χ1n) is 6.60. The van der Waals surface area contributed by atoms with E-state index in [0.717, 1.165) is 22.5 Å². The second kappa shape index (κ2) is 5.88. The van der Waals surface area contributed by atoms with E-state index in [4.69, 9.17) is 34.8 Å². The predicted molar refractivity (Wildman–Crippen MR) is 90.3 cm³/mol. The van der Waals surface area contributed by atoms with Gasteiger partial charge in [-0.1, -0.05) is 35.3 Å². The number of aromatic nitrogens is 2. The van der Waals surface area contributed by atoms with Gasteiger partial charge < -0.3 is 0 Å². The average molecular weight is 340 g/mol. The van der Waals surface area contributed by atoms with Crippen LogP contribution in [-0.2, 0) is 6.42 Å². The second-order valence-corrected chi connectivity index (χ2v) is 6.03. The number of benzene rings is 2. The molecule has 0 aliphatic heterocycles. The largest absolute Gasteiger partial charge is 0.295 e. The van der Waals surface area contributed by atoms with Crippen LogP contribution in [0.3, 0.4) is 0 Å². The molecular weight excluding hydrogens is 327 g/mol. The number of alkyl halides is 1. The van der Waals surface area contributed by atoms with E-state index in [1.54, 1.807) is 6.07 Å². The van der Waals surface area contributed by atoms with Crippen LogP contribution in [0.2, 0.25) is 10.0 Å². The summed E-state index contributed by atoms with van der Waals surface area (Å²) in [5.41, 5.74) is 3.94. The molecule has 0 atom stereocenters. The Balaban J connectivity index is 2.33. The van der Waals surface area contributed by atoms with Gasteiger partial charge in [0, 0.05) is 12.3 Å². The lowest BCUT2D eigenvalue weighted by atomic mass is 10.2. The van der Waals surface area contributed by atoms with Gasteiger partial charge in [-0.25, -0.2) is 4.98 Å². The van der Waals surface area contributed by atoms with Gasteiger partial charge in [0.05, 0.1) is 26.8 Å². The molecule has 0 saturated carbocycles. The highest BCUT2D eigenvalue weighted by Crippen LogP contribution is 2.32. The number of fused-ring (bicyclic) bond motifs is 1. The minimum absolute atomic E-state index is 0.500. The zero-order chi connectivity index (χ0) is 15.0. The van der Waals surface area contributed by atoms with E-state index in [0.29, 0.717) is 22.3 Å². The van der Waals surface area contributed by atoms with Crippen molar-refractivity contribution in [1.29, 1.82) is 0 Å². The standard InChI is InChI=1S/C16H13Cl3N2/c1-10-5-6-13-12(9-10)20-15(7-8-17)21(13)14-4-2-3-11(18)16(14)19/h2-6,9H,7-8H2,1H3. The zero-order valence-corrected chi connectivity index (χ0v) is 13.7. The van der Waals surface area contributed by atoms with Crippen molar-refractivity contribution in [3.63, 3.8) is 0 Å². The Labute approximate surface area is 138 Å². The molecule has 3 rings (SSSR count). The molecule has 21 heavy (non-hydrogen) atoms. The Morgan fingerprint density at radius 3 is 2.71 bits per heavy atom. The maximum atomic E-state index is 6.37. The van der Waals surface area contributed by atoms with Gasteiger partial charge in [-0.2, -0.15) is 0 Å². The van der Waals surface area contributed by atoms with Gasteiger partial charge in [-0.15, -0.1) is 11.6 Å². The van der Waals surface area contributed by atoms with E-state index in [-0.39, 0.29) is 0 Å². The summed E-state index contributed by atoms with van der Waals surface area (Å²) in [6.45, 7) is 2.05. The van der Waals surface area contributed by atoms with Gasteiger partial charge >= 0.3 is 0 Å². The summed E-state index contributed by atoms with van der Waals surface area (Å²) in [7, 11) is 0. The number of hydrogen-bond acceptors (Lipinski definition) is 1. The van der Waals surface area contributed by atoms with Gasteiger partial charge in [-0.3, -0.25) is 4.57 Å². The average Bonchev–Trinajstić information content (AvgIpc) is 2.79. The first kappa shape index (κ1) is 14.7. The van der Waals surface area contributed by atoms with Crippen molar-refractivity contribution >= 4 is 45.8 Å². The highest BCUT2D eigenvalue weighted by Gasteiger charge is 2.15. The maximum absolute atomic E-state index is 6.37. The Hall–Kier alpha value is -1.22. The topological polar surface area (TPSA) is 17.8 Å². The molecule has 3 aromatic rings. The third-order valence-electron chi connectivity index (χ3n) is 3.37. The normalized spacial score (nSPS) is 11.2. The van der Waals surface area contributed by atoms with Crippen LogP contribution in [0.1, 0.15) is 11.4 Å². The molecule has 0 aliphatic carbocycles. The first-order valence-corrected chi connectivity index (χ1v) is 7.89. The third kappa shape index (κ3) is 2.64. The molecule has 0 unspecified atom stereocenters. The zero-order valence-electron chi connectivity index (χ0n) is 11.4. The van der Waals surface area contributed by atoms with Crippen LogP contribution in [0.25, 0.3) is 16.7 Å². The number of nitrogens with zero attached hydrogens (tertiary/aromatic N) is 2. The lowest BCUT2D eigenvalue weighted by Gasteiger charge is -2.11. The fourth-order valence-electron chi connectivity index (χ4n) is 2.43. The lowest BCUT2D eigenvalue weighted by molar-refractivity contribution is 0.912. The van der Waals surface area contributed by atoms with Crippen molar-refractivity contribution in [2.45, 2.75) is 13.3 Å². The molecule has 108 valence electrons. The molecule has 0 radical (unpaired) electrons. The molecular formula is C16H13Cl3N2. The van der Waals surface area contributed by atoms with Crippen molar-refractivity contribution in [2.24, 2.45) is 0 Å². The fourth-order valence-corrected chi connectivity index (χ4v) is 2.98. The van der Waals surface area contributed by atoms with Crippen molar-refractivity contribution < 1.29 is 0 Å². The summed E-state index contributed by atoms with van der Waals surface area (Å²) in [5, 5.41) is 1.05. The maximum Gasteiger partial charge on any atom is 0.115 e. The number of rotatable bonds is 3. The van der Waals surface area contributed by atoms with Crippen LogP contribution in [-0.4, -0.2) is 15.4 Å². The monoisotopic (exact) mass is 338 g/mol. The van der Waals surface area contributed by atoms with Crippen LogP contribution in [0.4, 0.5) is 0 Å². The number of imidazole rings is 1. The van der Waals surface area contributed by atoms with E-state index < -0.39 is 0 Å². The Kier molecular flexibility index (Phi) is 4.12. The smallest absolute Gasteiger partial charge is 0.115 e. The van der Waals surface area contributed by atoms with E-state index >= 15 is 0 Å². The second-order valence-electron chi connectivity index (χ2n) is 4.87. The molecule has 0 saturated heterocycles. The summed E-state index contributed by atoms with van der Waals surface area (Å²) in [4.78, 5) is 4.69. The summed E-state index contributed by atoms with van der Waals surface area (Å²) in [5.74, 6) is 1.38. The van der Waals surface area contributed by atoms with E-state index in [1.165, 1.54) is 5.56 Å². The minimum Gasteiger partial charge on any atom is -0.295 e. The minimum atomic E-state index is 0.500. The summed E-state index contributed by atoms with van der Waals surface area (Å²) < 4.78 is 2.03. The molecule has 0 aliphatic rings. The van der Waals surface area contributed by atoms with Crippen molar-refractivity contribution in [2.75, 3.05) is 5.88 Å². The lowest BCUT2D eigenvalue weighted by Crippen LogP contribution is -2.03. The van der Waals surface area contributed by atoms with E-state index in [1.807, 2.05) is 29.7 Å². The molecule has 2 nitrogen and oxygen atoms in total. The van der Waals surface area contributed by atoms with E-state index in [9.17, 15) is 0 Å². The molecule has 5 heteroatoms. The van der Waals surface area contributed by atoms with Crippen molar-refractivity contribution in [1.82, 2.24) is 9.55 Å². The number of halogens is 3. The number of aryl methyl sites for hydroxylation is 2. The molecule has 0 spiro atoms. The van der Waals surface area contributed by atoms with Crippen LogP contribution in [0, 0.1) is 6.92 Å². The predicted octanol–water partition coefficient (Wildman–Crippen LogP) is 5.42. The molecule has 2 aromatic carbocycles. The Morgan fingerprint density at radius 1 is 1.14 bits per heavy atom. The van der Waals surface area contributed by atoms with Gasteiger partial charge in [0.2, 0.25) is 0 Å². The Bertz CT molecular complexity index is 809. The Morgan fingerprint density at radius 2 is 1.95 bits per heavy atom. The fraction of sp³-hybridized carbons (Fsp3) is 0.188. The van der Waals surface area contributed by atoms with Gasteiger partial charge in [0.1, 0.15) is 5.82 Å². The van der Waals surface area contributed by atoms with Gasteiger partial charge in [0.25, 0.3) is 0 Å². The molecule has 0 N–H and O–H groups in total. The highest BCUT2D eigenvalue weighted by atomic mass is 35.5. The quantitative estimate of drug-likeness (QED) is 0.582. The van der Waals surface area contributed by atoms with Crippen LogP contribution in [0.5, 0.6) is 0 Å². The van der Waals surface area contributed by atoms with Crippen molar-refractivity contribution in [3.05, 3.63) is 57.8 Å². The van der Waals surface area contributed by atoms with Crippen molar-refractivity contribution in [3.8, 4) is 5.69 Å². The molecule has 0 bridgehead atoms. The molecule has 1 heterocycles. The SMILES string of the molecule is Cc1ccc2c(c1)nc(CCCl)n2-c1cccc(Cl)c1Cl. The molecule has 1 aromatic heterocycles. The first-order chi connectivity index (χ1) is 10.1. The summed E-state index contributed by atoms with van der Waals surface area (Å²) in [6.07, 6.45) is 0.665. The number of hydrogen-bond donors (Lipinski definition) is 0. The van der Waals surface area contributed by atoms with Gasteiger partial charge in [0.15, 0.2) is 0 Å². The molecule has 0 fully saturated rings. The van der Waals surface area contributed by atoms with Crippen LogP contribution in [0.15, 0.2) is 36.4 Å².